The maximum Gasteiger partial charge on any atom is 0.307 e. The Morgan fingerprint density at radius 3 is 2.62 bits per heavy atom. The van der Waals surface area contributed by atoms with Crippen molar-refractivity contribution < 1.29 is 19.4 Å². The number of hydrogen-bond acceptors (Lipinski definition) is 3. The molecule has 5 nitrogen and oxygen atoms in total. The molecule has 1 unspecified atom stereocenters. The number of anilines is 1. The number of carboxylic acids is 1. The summed E-state index contributed by atoms with van der Waals surface area (Å²) in [6, 6.07) is 13.9. The van der Waals surface area contributed by atoms with Crippen LogP contribution in [-0.2, 0) is 16.0 Å². The zero-order chi connectivity index (χ0) is 17.5. The Balaban J connectivity index is 2.05. The average Bonchev–Trinajstić information content (AvgIpc) is 2.54. The van der Waals surface area contributed by atoms with Gasteiger partial charge >= 0.3 is 5.97 Å². The number of amides is 1. The van der Waals surface area contributed by atoms with Crippen LogP contribution in [0.1, 0.15) is 12.0 Å². The summed E-state index contributed by atoms with van der Waals surface area (Å²) in [5, 5.41) is 12.6. The molecule has 0 aromatic heterocycles. The lowest BCUT2D eigenvalue weighted by Crippen LogP contribution is -2.24. The lowest BCUT2D eigenvalue weighted by atomic mass is 9.95. The van der Waals surface area contributed by atoms with Gasteiger partial charge in [-0.25, -0.2) is 0 Å². The van der Waals surface area contributed by atoms with Crippen molar-refractivity contribution in [3.8, 4) is 5.75 Å². The van der Waals surface area contributed by atoms with E-state index in [-0.39, 0.29) is 18.7 Å². The van der Waals surface area contributed by atoms with Gasteiger partial charge in [-0.05, 0) is 36.2 Å². The third-order valence-electron chi connectivity index (χ3n) is 3.55. The summed E-state index contributed by atoms with van der Waals surface area (Å²) in [4.78, 5) is 23.6. The van der Waals surface area contributed by atoms with E-state index >= 15 is 0 Å². The van der Waals surface area contributed by atoms with Crippen LogP contribution in [0, 0.1) is 5.92 Å². The normalized spacial score (nSPS) is 11.6. The van der Waals surface area contributed by atoms with E-state index in [9.17, 15) is 14.7 Å². The number of carboxylic acid groups (broad SMARTS) is 1. The summed E-state index contributed by atoms with van der Waals surface area (Å²) in [7, 11) is 1.53. The number of aliphatic carboxylic acids is 1. The monoisotopic (exact) mass is 347 g/mol. The van der Waals surface area contributed by atoms with Gasteiger partial charge < -0.3 is 15.2 Å². The molecule has 0 spiro atoms. The van der Waals surface area contributed by atoms with Gasteiger partial charge in [0.15, 0.2) is 0 Å². The third kappa shape index (κ3) is 4.99. The molecule has 0 fully saturated rings. The highest BCUT2D eigenvalue weighted by molar-refractivity contribution is 6.30. The molecular weight excluding hydrogens is 330 g/mol. The number of hydrogen-bond donors (Lipinski definition) is 2. The fourth-order valence-electron chi connectivity index (χ4n) is 2.39. The zero-order valence-electron chi connectivity index (χ0n) is 13.2. The third-order valence-corrected chi connectivity index (χ3v) is 3.78. The highest BCUT2D eigenvalue weighted by Crippen LogP contribution is 2.23. The van der Waals surface area contributed by atoms with E-state index in [2.05, 4.69) is 5.32 Å². The Hall–Kier alpha value is -2.53. The highest BCUT2D eigenvalue weighted by atomic mass is 35.5. The van der Waals surface area contributed by atoms with E-state index in [0.29, 0.717) is 16.5 Å². The van der Waals surface area contributed by atoms with Crippen LogP contribution in [0.4, 0.5) is 5.69 Å². The summed E-state index contributed by atoms with van der Waals surface area (Å²) >= 11 is 5.87. The highest BCUT2D eigenvalue weighted by Gasteiger charge is 2.23. The second kappa shape index (κ2) is 8.36. The average molecular weight is 348 g/mol. The predicted molar refractivity (Wildman–Crippen MR) is 92.5 cm³/mol. The van der Waals surface area contributed by atoms with Crippen molar-refractivity contribution in [3.05, 3.63) is 59.1 Å². The summed E-state index contributed by atoms with van der Waals surface area (Å²) in [5.41, 5.74) is 1.29. The lowest BCUT2D eigenvalue weighted by molar-refractivity contribution is -0.143. The fraction of sp³-hybridized carbons (Fsp3) is 0.222. The van der Waals surface area contributed by atoms with Crippen LogP contribution in [0.15, 0.2) is 48.5 Å². The van der Waals surface area contributed by atoms with Crippen LogP contribution < -0.4 is 10.1 Å². The topological polar surface area (TPSA) is 75.6 Å². The molecule has 2 rings (SSSR count). The molecule has 0 saturated heterocycles. The van der Waals surface area contributed by atoms with Crippen LogP contribution in [0.2, 0.25) is 5.02 Å². The first kappa shape index (κ1) is 17.8. The number of nitrogens with one attached hydrogen (secondary N) is 1. The standard InChI is InChI=1S/C18H18ClNO4/c1-24-16-8-3-2-5-12(16)9-13(18(22)23)10-17(21)20-15-7-4-6-14(19)11-15/h2-8,11,13H,9-10H2,1H3,(H,20,21)(H,22,23). The number of para-hydroxylation sites is 1. The molecule has 126 valence electrons. The molecule has 24 heavy (non-hydrogen) atoms. The number of benzene rings is 2. The van der Waals surface area contributed by atoms with Gasteiger partial charge in [-0.2, -0.15) is 0 Å². The van der Waals surface area contributed by atoms with E-state index in [1.807, 2.05) is 12.1 Å². The Kier molecular flexibility index (Phi) is 6.21. The fourth-order valence-corrected chi connectivity index (χ4v) is 2.58. The molecule has 0 heterocycles. The van der Waals surface area contributed by atoms with Crippen molar-refractivity contribution in [3.63, 3.8) is 0 Å². The first-order chi connectivity index (χ1) is 11.5. The molecule has 2 aromatic carbocycles. The van der Waals surface area contributed by atoms with E-state index in [4.69, 9.17) is 16.3 Å². The Bertz CT molecular complexity index is 732. The number of ether oxygens (including phenoxy) is 1. The molecule has 1 amide bonds. The summed E-state index contributed by atoms with van der Waals surface area (Å²) < 4.78 is 5.23. The van der Waals surface area contributed by atoms with Gasteiger partial charge in [0.05, 0.1) is 13.0 Å². The van der Waals surface area contributed by atoms with Gasteiger partial charge in [-0.1, -0.05) is 35.9 Å². The minimum absolute atomic E-state index is 0.139. The second-order valence-corrected chi connectivity index (χ2v) is 5.75. The second-order valence-electron chi connectivity index (χ2n) is 5.31. The van der Waals surface area contributed by atoms with Gasteiger partial charge in [-0.3, -0.25) is 9.59 Å². The summed E-state index contributed by atoms with van der Waals surface area (Å²) in [6.07, 6.45) is 0.0716. The molecule has 0 saturated carbocycles. The van der Waals surface area contributed by atoms with E-state index < -0.39 is 11.9 Å². The largest absolute Gasteiger partial charge is 0.496 e. The van der Waals surface area contributed by atoms with Gasteiger partial charge in [-0.15, -0.1) is 0 Å². The van der Waals surface area contributed by atoms with Crippen LogP contribution in [-0.4, -0.2) is 24.1 Å². The van der Waals surface area contributed by atoms with Crippen LogP contribution in [0.3, 0.4) is 0 Å². The van der Waals surface area contributed by atoms with Crippen molar-refractivity contribution in [1.29, 1.82) is 0 Å². The van der Waals surface area contributed by atoms with Crippen LogP contribution >= 0.6 is 11.6 Å². The minimum Gasteiger partial charge on any atom is -0.496 e. The Morgan fingerprint density at radius 1 is 1.21 bits per heavy atom. The van der Waals surface area contributed by atoms with E-state index in [0.717, 1.165) is 5.56 Å². The van der Waals surface area contributed by atoms with Gasteiger partial charge in [0.1, 0.15) is 5.75 Å². The zero-order valence-corrected chi connectivity index (χ0v) is 13.9. The van der Waals surface area contributed by atoms with E-state index in [1.54, 1.807) is 36.4 Å². The lowest BCUT2D eigenvalue weighted by Gasteiger charge is -2.14. The number of methoxy groups -OCH3 is 1. The van der Waals surface area contributed by atoms with Crippen molar-refractivity contribution in [1.82, 2.24) is 0 Å². The van der Waals surface area contributed by atoms with E-state index in [1.165, 1.54) is 7.11 Å². The van der Waals surface area contributed by atoms with Crippen molar-refractivity contribution in [2.24, 2.45) is 5.92 Å². The SMILES string of the molecule is COc1ccccc1CC(CC(=O)Nc1cccc(Cl)c1)C(=O)O. The first-order valence-corrected chi connectivity index (χ1v) is 7.77. The molecule has 1 atom stereocenters. The molecular formula is C18H18ClNO4. The van der Waals surface area contributed by atoms with Crippen molar-refractivity contribution in [2.75, 3.05) is 12.4 Å². The minimum atomic E-state index is -1.03. The summed E-state index contributed by atoms with van der Waals surface area (Å²) in [6.45, 7) is 0. The van der Waals surface area contributed by atoms with Gasteiger partial charge in [0.2, 0.25) is 5.91 Å². The number of halogens is 1. The Morgan fingerprint density at radius 2 is 1.96 bits per heavy atom. The maximum absolute atomic E-state index is 12.1. The molecule has 0 aliphatic rings. The van der Waals surface area contributed by atoms with Crippen molar-refractivity contribution >= 4 is 29.2 Å². The molecule has 0 aliphatic carbocycles. The molecule has 2 aromatic rings. The van der Waals surface area contributed by atoms with Crippen molar-refractivity contribution in [2.45, 2.75) is 12.8 Å². The first-order valence-electron chi connectivity index (χ1n) is 7.39. The maximum atomic E-state index is 12.1. The van der Waals surface area contributed by atoms with Gasteiger partial charge in [0, 0.05) is 17.1 Å². The molecule has 2 N–H and O–H groups in total. The number of rotatable bonds is 7. The molecule has 0 bridgehead atoms. The smallest absolute Gasteiger partial charge is 0.307 e. The quantitative estimate of drug-likeness (QED) is 0.802. The molecule has 6 heteroatoms. The predicted octanol–water partition coefficient (Wildman–Crippen LogP) is 3.62. The Labute approximate surface area is 145 Å². The van der Waals surface area contributed by atoms with Crippen LogP contribution in [0.5, 0.6) is 5.75 Å². The number of carbonyl (C=O) groups excluding carboxylic acids is 1. The molecule has 0 radical (unpaired) electrons. The molecule has 0 aliphatic heterocycles. The number of carbonyl (C=O) groups is 2. The van der Waals surface area contributed by atoms with Gasteiger partial charge in [0.25, 0.3) is 0 Å². The van der Waals surface area contributed by atoms with Crippen LogP contribution in [0.25, 0.3) is 0 Å². The summed E-state index contributed by atoms with van der Waals surface area (Å²) in [5.74, 6) is -1.64.